The van der Waals surface area contributed by atoms with Crippen molar-refractivity contribution in [1.82, 2.24) is 9.97 Å². The van der Waals surface area contributed by atoms with E-state index >= 15 is 0 Å². The van der Waals surface area contributed by atoms with Crippen molar-refractivity contribution in [3.63, 3.8) is 0 Å². The molecule has 2 heterocycles. The third kappa shape index (κ3) is 1.62. The summed E-state index contributed by atoms with van der Waals surface area (Å²) in [6, 6.07) is 0. The van der Waals surface area contributed by atoms with Crippen LogP contribution in [-0.2, 0) is 0 Å². The molecule has 2 rings (SSSR count). The molecule has 0 unspecified atom stereocenters. The van der Waals surface area contributed by atoms with Crippen LogP contribution in [0.3, 0.4) is 0 Å². The van der Waals surface area contributed by atoms with E-state index in [4.69, 9.17) is 0 Å². The first-order valence-corrected chi connectivity index (χ1v) is 6.61. The van der Waals surface area contributed by atoms with E-state index in [2.05, 4.69) is 32.6 Å². The van der Waals surface area contributed by atoms with Crippen molar-refractivity contribution in [2.45, 2.75) is 5.16 Å². The van der Waals surface area contributed by atoms with Gasteiger partial charge in [-0.25, -0.2) is 4.98 Å². The molecule has 13 heavy (non-hydrogen) atoms. The summed E-state index contributed by atoms with van der Waals surface area (Å²) in [5, 5.41) is 3.33. The van der Waals surface area contributed by atoms with Crippen LogP contribution in [0, 0.1) is 3.57 Å². The van der Waals surface area contributed by atoms with Gasteiger partial charge in [0, 0.05) is 8.95 Å². The van der Waals surface area contributed by atoms with Gasteiger partial charge in [-0.1, -0.05) is 11.8 Å². The number of thiophene rings is 1. The maximum atomic E-state index is 11.5. The van der Waals surface area contributed by atoms with Gasteiger partial charge in [0.1, 0.15) is 4.83 Å². The highest BCUT2D eigenvalue weighted by molar-refractivity contribution is 14.1. The summed E-state index contributed by atoms with van der Waals surface area (Å²) in [7, 11) is 0. The monoisotopic (exact) mass is 324 g/mol. The fourth-order valence-electron chi connectivity index (χ4n) is 0.992. The van der Waals surface area contributed by atoms with Crippen molar-refractivity contribution in [2.75, 3.05) is 6.26 Å². The van der Waals surface area contributed by atoms with Crippen LogP contribution in [0.15, 0.2) is 15.3 Å². The summed E-state index contributed by atoms with van der Waals surface area (Å²) in [6.45, 7) is 0. The van der Waals surface area contributed by atoms with E-state index in [-0.39, 0.29) is 5.56 Å². The molecular weight excluding hydrogens is 319 g/mol. The lowest BCUT2D eigenvalue weighted by Crippen LogP contribution is -2.08. The highest BCUT2D eigenvalue weighted by atomic mass is 127. The van der Waals surface area contributed by atoms with Crippen molar-refractivity contribution < 1.29 is 0 Å². The molecule has 2 aromatic heterocycles. The summed E-state index contributed by atoms with van der Waals surface area (Å²) < 4.78 is 0.971. The van der Waals surface area contributed by atoms with Crippen LogP contribution < -0.4 is 5.56 Å². The highest BCUT2D eigenvalue weighted by Gasteiger charge is 2.08. The van der Waals surface area contributed by atoms with Gasteiger partial charge in [0.25, 0.3) is 5.56 Å². The van der Waals surface area contributed by atoms with E-state index in [9.17, 15) is 4.79 Å². The minimum absolute atomic E-state index is 0.0417. The number of aromatic nitrogens is 2. The predicted octanol–water partition coefficient (Wildman–Crippen LogP) is 2.31. The first-order chi connectivity index (χ1) is 6.22. The maximum Gasteiger partial charge on any atom is 0.261 e. The van der Waals surface area contributed by atoms with Crippen LogP contribution in [0.25, 0.3) is 10.2 Å². The number of hydrogen-bond acceptors (Lipinski definition) is 4. The smallest absolute Gasteiger partial charge is 0.261 e. The van der Waals surface area contributed by atoms with Gasteiger partial charge in [0.05, 0.1) is 5.39 Å². The molecule has 0 aliphatic carbocycles. The van der Waals surface area contributed by atoms with Crippen molar-refractivity contribution >= 4 is 55.9 Å². The number of nitrogens with zero attached hydrogens (tertiary/aromatic N) is 1. The van der Waals surface area contributed by atoms with Crippen molar-refractivity contribution in [3.8, 4) is 0 Å². The number of fused-ring (bicyclic) bond motifs is 1. The average Bonchev–Trinajstić information content (AvgIpc) is 2.48. The van der Waals surface area contributed by atoms with Crippen LogP contribution in [0.5, 0.6) is 0 Å². The molecule has 0 amide bonds. The first-order valence-electron chi connectivity index (χ1n) is 3.43. The minimum atomic E-state index is -0.0417. The molecule has 0 aliphatic heterocycles. The lowest BCUT2D eigenvalue weighted by Gasteiger charge is -1.94. The molecule has 1 N–H and O–H groups in total. The number of aromatic amines is 1. The maximum absolute atomic E-state index is 11.5. The SMILES string of the molecule is CSc1nc2scc(I)c2c(=O)[nH]1. The van der Waals surface area contributed by atoms with E-state index in [0.717, 1.165) is 8.40 Å². The molecule has 0 atom stereocenters. The Morgan fingerprint density at radius 2 is 2.46 bits per heavy atom. The Balaban J connectivity index is 2.87. The Morgan fingerprint density at radius 1 is 1.69 bits per heavy atom. The van der Waals surface area contributed by atoms with Gasteiger partial charge in [-0.15, -0.1) is 11.3 Å². The van der Waals surface area contributed by atoms with Crippen LogP contribution in [-0.4, -0.2) is 16.2 Å². The predicted molar refractivity (Wildman–Crippen MR) is 64.7 cm³/mol. The quantitative estimate of drug-likeness (QED) is 0.497. The van der Waals surface area contributed by atoms with Crippen molar-refractivity contribution in [2.24, 2.45) is 0 Å². The molecule has 0 bridgehead atoms. The number of H-pyrrole nitrogens is 1. The third-order valence-electron chi connectivity index (χ3n) is 1.57. The minimum Gasteiger partial charge on any atom is -0.301 e. The van der Waals surface area contributed by atoms with Gasteiger partial charge in [-0.05, 0) is 28.8 Å². The molecule has 68 valence electrons. The topological polar surface area (TPSA) is 45.8 Å². The molecule has 2 aromatic rings. The molecule has 6 heteroatoms. The van der Waals surface area contributed by atoms with Gasteiger partial charge < -0.3 is 4.98 Å². The Labute approximate surface area is 96.1 Å². The summed E-state index contributed by atoms with van der Waals surface area (Å²) in [5.41, 5.74) is -0.0417. The number of halogens is 1. The lowest BCUT2D eigenvalue weighted by molar-refractivity contribution is 0.983. The van der Waals surface area contributed by atoms with Gasteiger partial charge >= 0.3 is 0 Å². The molecule has 0 saturated heterocycles. The highest BCUT2D eigenvalue weighted by Crippen LogP contribution is 2.23. The third-order valence-corrected chi connectivity index (χ3v) is 4.30. The average molecular weight is 324 g/mol. The second-order valence-corrected chi connectivity index (χ2v) is 5.15. The summed E-state index contributed by atoms with van der Waals surface area (Å²) >= 11 is 5.10. The van der Waals surface area contributed by atoms with E-state index < -0.39 is 0 Å². The van der Waals surface area contributed by atoms with Crippen LogP contribution in [0.4, 0.5) is 0 Å². The molecule has 0 radical (unpaired) electrons. The number of thioether (sulfide) groups is 1. The summed E-state index contributed by atoms with van der Waals surface area (Å²) in [5.74, 6) is 0. The summed E-state index contributed by atoms with van der Waals surface area (Å²) in [4.78, 5) is 19.4. The van der Waals surface area contributed by atoms with Crippen LogP contribution >= 0.6 is 45.7 Å². The largest absolute Gasteiger partial charge is 0.301 e. The van der Waals surface area contributed by atoms with Crippen molar-refractivity contribution in [3.05, 3.63) is 19.3 Å². The molecule has 0 fully saturated rings. The molecule has 0 aromatic carbocycles. The molecule has 0 saturated carbocycles. The molecular formula is C7H5IN2OS2. The molecule has 3 nitrogen and oxygen atoms in total. The lowest BCUT2D eigenvalue weighted by atomic mass is 10.4. The number of rotatable bonds is 1. The fourth-order valence-corrected chi connectivity index (χ4v) is 3.29. The summed E-state index contributed by atoms with van der Waals surface area (Å²) in [6.07, 6.45) is 1.89. The standard InChI is InChI=1S/C7H5IN2OS2/c1-12-7-9-5(11)4-3(8)2-13-6(4)10-7/h2H,1H3,(H,9,10,11). The van der Waals surface area contributed by atoms with E-state index in [1.807, 2.05) is 11.6 Å². The van der Waals surface area contributed by atoms with Crippen molar-refractivity contribution in [1.29, 1.82) is 0 Å². The number of hydrogen-bond donors (Lipinski definition) is 1. The van der Waals surface area contributed by atoms with Gasteiger partial charge in [-0.3, -0.25) is 4.79 Å². The Morgan fingerprint density at radius 3 is 3.15 bits per heavy atom. The fraction of sp³-hybridized carbons (Fsp3) is 0.143. The van der Waals surface area contributed by atoms with E-state index in [1.54, 1.807) is 0 Å². The number of nitrogens with one attached hydrogen (secondary N) is 1. The molecule has 0 aliphatic rings. The zero-order valence-electron chi connectivity index (χ0n) is 6.63. The van der Waals surface area contributed by atoms with E-state index in [0.29, 0.717) is 10.5 Å². The Hall–Kier alpha value is -0.0800. The Bertz CT molecular complexity index is 505. The second kappa shape index (κ2) is 3.58. The zero-order valence-corrected chi connectivity index (χ0v) is 10.4. The first kappa shape index (κ1) is 9.47. The van der Waals surface area contributed by atoms with Gasteiger partial charge in [0.2, 0.25) is 0 Å². The molecule has 0 spiro atoms. The normalized spacial score (nSPS) is 10.9. The van der Waals surface area contributed by atoms with Crippen LogP contribution in [0.1, 0.15) is 0 Å². The van der Waals surface area contributed by atoms with Gasteiger partial charge in [-0.2, -0.15) is 0 Å². The Kier molecular flexibility index (Phi) is 2.61. The van der Waals surface area contributed by atoms with E-state index in [1.165, 1.54) is 23.1 Å². The zero-order chi connectivity index (χ0) is 9.42. The van der Waals surface area contributed by atoms with Gasteiger partial charge in [0.15, 0.2) is 5.16 Å². The van der Waals surface area contributed by atoms with Crippen LogP contribution in [0.2, 0.25) is 0 Å². The second-order valence-electron chi connectivity index (χ2n) is 2.34.